The first-order chi connectivity index (χ1) is 16.4. The molecule has 0 radical (unpaired) electrons. The van der Waals surface area contributed by atoms with Gasteiger partial charge in [0.2, 0.25) is 11.8 Å². The number of hydrogen-bond donors (Lipinski definition) is 0. The molecule has 3 aliphatic rings. The number of Topliss-reactive ketones (excluding diaryl/α,β-unsaturated/α-hetero) is 1. The number of anilines is 2. The van der Waals surface area contributed by atoms with Gasteiger partial charge in [0.15, 0.2) is 17.3 Å². The SMILES string of the molecule is CC(=O)c1ccc(N2CCN(C(=O)[C@@H]3CC(=O)N(c4ccc5c(c4)OCCO5)C3)CC2)c(F)c1. The zero-order valence-electron chi connectivity index (χ0n) is 19.0. The molecule has 0 saturated carbocycles. The Labute approximate surface area is 196 Å². The maximum Gasteiger partial charge on any atom is 0.228 e. The normalized spacial score (nSPS) is 20.0. The topological polar surface area (TPSA) is 79.4 Å². The van der Waals surface area contributed by atoms with Gasteiger partial charge in [-0.25, -0.2) is 4.39 Å². The number of carbonyl (C=O) groups excluding carboxylic acids is 3. The van der Waals surface area contributed by atoms with Crippen LogP contribution >= 0.6 is 0 Å². The fraction of sp³-hybridized carbons (Fsp3) is 0.400. The van der Waals surface area contributed by atoms with Crippen LogP contribution in [0.2, 0.25) is 0 Å². The minimum absolute atomic E-state index is 0.0551. The van der Waals surface area contributed by atoms with Crippen LogP contribution in [0.15, 0.2) is 36.4 Å². The van der Waals surface area contributed by atoms with E-state index in [0.29, 0.717) is 74.4 Å². The molecule has 0 spiro atoms. The van der Waals surface area contributed by atoms with Gasteiger partial charge in [0, 0.05) is 56.5 Å². The lowest BCUT2D eigenvalue weighted by Crippen LogP contribution is -2.51. The lowest BCUT2D eigenvalue weighted by Gasteiger charge is -2.37. The maximum absolute atomic E-state index is 14.5. The van der Waals surface area contributed by atoms with E-state index >= 15 is 0 Å². The van der Waals surface area contributed by atoms with Crippen LogP contribution < -0.4 is 19.3 Å². The average Bonchev–Trinajstić information content (AvgIpc) is 3.25. The van der Waals surface area contributed by atoms with E-state index in [1.807, 2.05) is 11.0 Å². The molecule has 8 nitrogen and oxygen atoms in total. The quantitative estimate of drug-likeness (QED) is 0.643. The number of rotatable bonds is 4. The largest absolute Gasteiger partial charge is 0.486 e. The van der Waals surface area contributed by atoms with Crippen molar-refractivity contribution in [3.8, 4) is 11.5 Å². The summed E-state index contributed by atoms with van der Waals surface area (Å²) in [5.41, 5.74) is 1.46. The summed E-state index contributed by atoms with van der Waals surface area (Å²) in [7, 11) is 0. The lowest BCUT2D eigenvalue weighted by molar-refractivity contribution is -0.136. The zero-order valence-corrected chi connectivity index (χ0v) is 19.0. The van der Waals surface area contributed by atoms with Gasteiger partial charge in [0.05, 0.1) is 11.6 Å². The second-order valence-electron chi connectivity index (χ2n) is 8.77. The van der Waals surface area contributed by atoms with Crippen molar-refractivity contribution in [2.75, 3.05) is 55.7 Å². The van der Waals surface area contributed by atoms with Gasteiger partial charge >= 0.3 is 0 Å². The summed E-state index contributed by atoms with van der Waals surface area (Å²) in [6.07, 6.45) is 0.161. The standard InChI is InChI=1S/C25H26FN3O5/c1-16(30)17-2-4-21(20(26)12-17)27-6-8-28(9-7-27)25(32)18-13-24(31)29(15-18)19-3-5-22-23(14-19)34-11-10-33-22/h2-5,12,14,18H,6-11,13,15H2,1H3/t18-/m1/s1. The molecule has 9 heteroatoms. The van der Waals surface area contributed by atoms with Crippen LogP contribution in [0.1, 0.15) is 23.7 Å². The summed E-state index contributed by atoms with van der Waals surface area (Å²) in [6.45, 7) is 4.53. The highest BCUT2D eigenvalue weighted by Crippen LogP contribution is 2.36. The number of fused-ring (bicyclic) bond motifs is 1. The van der Waals surface area contributed by atoms with Crippen molar-refractivity contribution in [1.29, 1.82) is 0 Å². The second-order valence-corrected chi connectivity index (χ2v) is 8.77. The van der Waals surface area contributed by atoms with Gasteiger partial charge in [-0.3, -0.25) is 14.4 Å². The summed E-state index contributed by atoms with van der Waals surface area (Å²) >= 11 is 0. The summed E-state index contributed by atoms with van der Waals surface area (Å²) in [5, 5.41) is 0. The first kappa shape index (κ1) is 22.2. The first-order valence-corrected chi connectivity index (χ1v) is 11.4. The summed E-state index contributed by atoms with van der Waals surface area (Å²) in [6, 6.07) is 9.87. The third-order valence-corrected chi connectivity index (χ3v) is 6.60. The van der Waals surface area contributed by atoms with Crippen molar-refractivity contribution in [1.82, 2.24) is 4.90 Å². The van der Waals surface area contributed by atoms with Gasteiger partial charge < -0.3 is 24.2 Å². The molecule has 3 aliphatic heterocycles. The Balaban J connectivity index is 1.21. The van der Waals surface area contributed by atoms with Gasteiger partial charge in [-0.2, -0.15) is 0 Å². The molecule has 1 atom stereocenters. The molecule has 2 aromatic rings. The van der Waals surface area contributed by atoms with Gasteiger partial charge in [-0.05, 0) is 37.3 Å². The van der Waals surface area contributed by atoms with E-state index in [0.717, 1.165) is 0 Å². The smallest absolute Gasteiger partial charge is 0.228 e. The van der Waals surface area contributed by atoms with E-state index in [-0.39, 0.29) is 24.0 Å². The Hall–Kier alpha value is -3.62. The molecule has 2 fully saturated rings. The van der Waals surface area contributed by atoms with Crippen LogP contribution in [0.3, 0.4) is 0 Å². The van der Waals surface area contributed by atoms with E-state index in [1.165, 1.54) is 13.0 Å². The van der Waals surface area contributed by atoms with Crippen LogP contribution in [-0.2, 0) is 9.59 Å². The van der Waals surface area contributed by atoms with Crippen molar-refractivity contribution < 1.29 is 28.2 Å². The Bertz CT molecular complexity index is 1150. The molecule has 2 amide bonds. The third-order valence-electron chi connectivity index (χ3n) is 6.60. The fourth-order valence-electron chi connectivity index (χ4n) is 4.73. The minimum atomic E-state index is -0.441. The van der Waals surface area contributed by atoms with Crippen molar-refractivity contribution in [3.05, 3.63) is 47.8 Å². The van der Waals surface area contributed by atoms with Crippen molar-refractivity contribution >= 4 is 29.0 Å². The van der Waals surface area contributed by atoms with E-state index in [9.17, 15) is 18.8 Å². The van der Waals surface area contributed by atoms with Crippen LogP contribution in [0, 0.1) is 11.7 Å². The second kappa shape index (κ2) is 8.96. The number of piperazine rings is 1. The molecule has 5 rings (SSSR count). The van der Waals surface area contributed by atoms with E-state index in [1.54, 1.807) is 34.1 Å². The zero-order chi connectivity index (χ0) is 23.8. The maximum atomic E-state index is 14.5. The molecule has 2 aromatic carbocycles. The number of ketones is 1. The third kappa shape index (κ3) is 4.18. The number of ether oxygens (including phenoxy) is 2. The van der Waals surface area contributed by atoms with Crippen molar-refractivity contribution in [2.24, 2.45) is 5.92 Å². The van der Waals surface area contributed by atoms with Gasteiger partial charge in [0.25, 0.3) is 0 Å². The molecular formula is C25H26FN3O5. The fourth-order valence-corrected chi connectivity index (χ4v) is 4.73. The summed E-state index contributed by atoms with van der Waals surface area (Å²) in [4.78, 5) is 42.6. The number of amides is 2. The molecule has 0 N–H and O–H groups in total. The predicted octanol–water partition coefficient (Wildman–Crippen LogP) is 2.50. The molecule has 3 heterocycles. The number of hydrogen-bond acceptors (Lipinski definition) is 6. The first-order valence-electron chi connectivity index (χ1n) is 11.4. The number of carbonyl (C=O) groups is 3. The van der Waals surface area contributed by atoms with E-state index in [4.69, 9.17) is 9.47 Å². The van der Waals surface area contributed by atoms with E-state index in [2.05, 4.69) is 0 Å². The highest BCUT2D eigenvalue weighted by molar-refractivity contribution is 6.00. The van der Waals surface area contributed by atoms with Crippen LogP contribution in [-0.4, -0.2) is 68.4 Å². The average molecular weight is 467 g/mol. The van der Waals surface area contributed by atoms with Crippen LogP contribution in [0.5, 0.6) is 11.5 Å². The Kier molecular flexibility index (Phi) is 5.85. The van der Waals surface area contributed by atoms with Crippen molar-refractivity contribution in [2.45, 2.75) is 13.3 Å². The lowest BCUT2D eigenvalue weighted by atomic mass is 10.1. The molecule has 34 heavy (non-hydrogen) atoms. The van der Waals surface area contributed by atoms with Crippen LogP contribution in [0.25, 0.3) is 0 Å². The highest BCUT2D eigenvalue weighted by atomic mass is 19.1. The van der Waals surface area contributed by atoms with E-state index < -0.39 is 11.7 Å². The minimum Gasteiger partial charge on any atom is -0.486 e. The monoisotopic (exact) mass is 467 g/mol. The summed E-state index contributed by atoms with van der Waals surface area (Å²) in [5.74, 6) is 0.0623. The number of benzene rings is 2. The number of nitrogens with zero attached hydrogens (tertiary/aromatic N) is 3. The van der Waals surface area contributed by atoms with Gasteiger partial charge in [-0.15, -0.1) is 0 Å². The van der Waals surface area contributed by atoms with Gasteiger partial charge in [0.1, 0.15) is 19.0 Å². The molecule has 0 aliphatic carbocycles. The number of halogens is 1. The molecular weight excluding hydrogens is 441 g/mol. The molecule has 178 valence electrons. The Morgan fingerprint density at radius 3 is 2.41 bits per heavy atom. The molecule has 0 unspecified atom stereocenters. The summed E-state index contributed by atoms with van der Waals surface area (Å²) < 4.78 is 25.7. The van der Waals surface area contributed by atoms with Crippen molar-refractivity contribution in [3.63, 3.8) is 0 Å². The Morgan fingerprint density at radius 1 is 0.971 bits per heavy atom. The van der Waals surface area contributed by atoms with Gasteiger partial charge in [-0.1, -0.05) is 0 Å². The highest BCUT2D eigenvalue weighted by Gasteiger charge is 2.38. The molecule has 2 saturated heterocycles. The predicted molar refractivity (Wildman–Crippen MR) is 123 cm³/mol. The molecule has 0 aromatic heterocycles. The Morgan fingerprint density at radius 2 is 1.71 bits per heavy atom. The molecule has 0 bridgehead atoms. The van der Waals surface area contributed by atoms with Crippen LogP contribution in [0.4, 0.5) is 15.8 Å².